The molecule has 0 unspecified atom stereocenters. The summed E-state index contributed by atoms with van der Waals surface area (Å²) in [6.45, 7) is 3.89. The fourth-order valence-electron chi connectivity index (χ4n) is 3.79. The smallest absolute Gasteiger partial charge is 0.319 e. The number of rotatable bonds is 13. The predicted molar refractivity (Wildman–Crippen MR) is 163 cm³/mol. The van der Waals surface area contributed by atoms with E-state index in [0.717, 1.165) is 4.31 Å². The van der Waals surface area contributed by atoms with Crippen LogP contribution in [0, 0.1) is 5.92 Å². The second-order valence-corrected chi connectivity index (χ2v) is 11.7. The molecule has 4 rings (SSSR count). The average Bonchev–Trinajstić information content (AvgIpc) is 3.00. The first-order valence-electron chi connectivity index (χ1n) is 13.2. The molecule has 0 aliphatic heterocycles. The number of carbonyl (C=O) groups is 1. The lowest BCUT2D eigenvalue weighted by Gasteiger charge is -2.27. The topological polar surface area (TPSA) is 145 Å². The number of methoxy groups -OCH3 is 1. The first kappa shape index (κ1) is 31.3. The number of ether oxygens (including phenoxy) is 3. The Hall–Kier alpha value is -4.62. The standard InChI is InChI=1S/C29H31ClN6O6S/c1-20(2)18-36(43(38,39)23-9-5-4-6-10-23)27-26(42-25-16-22(40-3)11-12-24(25)30)28(34-19-33-27)41-15-14-32-29(37)35-21-8-7-13-31-17-21/h4-13,16-17,19-20H,14-15,18H2,1-3H3,(H2,32,35,37). The summed E-state index contributed by atoms with van der Waals surface area (Å²) in [5, 5.41) is 5.56. The third kappa shape index (κ3) is 8.23. The minimum Gasteiger partial charge on any atom is -0.497 e. The lowest BCUT2D eigenvalue weighted by molar-refractivity contribution is 0.245. The zero-order valence-corrected chi connectivity index (χ0v) is 25.3. The molecule has 14 heteroatoms. The van der Waals surface area contributed by atoms with Crippen molar-refractivity contribution in [1.82, 2.24) is 20.3 Å². The van der Waals surface area contributed by atoms with Crippen molar-refractivity contribution in [3.8, 4) is 23.1 Å². The Morgan fingerprint density at radius 1 is 1.07 bits per heavy atom. The number of anilines is 2. The maximum absolute atomic E-state index is 13.9. The first-order valence-corrected chi connectivity index (χ1v) is 15.0. The van der Waals surface area contributed by atoms with Gasteiger partial charge in [0.25, 0.3) is 15.9 Å². The van der Waals surface area contributed by atoms with Gasteiger partial charge in [-0.15, -0.1) is 0 Å². The number of sulfonamides is 1. The summed E-state index contributed by atoms with van der Waals surface area (Å²) >= 11 is 6.43. The molecule has 0 fully saturated rings. The number of hydrogen-bond acceptors (Lipinski definition) is 9. The Morgan fingerprint density at radius 3 is 2.56 bits per heavy atom. The Morgan fingerprint density at radius 2 is 1.86 bits per heavy atom. The molecular weight excluding hydrogens is 596 g/mol. The van der Waals surface area contributed by atoms with E-state index in [1.807, 2.05) is 13.8 Å². The van der Waals surface area contributed by atoms with Gasteiger partial charge >= 0.3 is 6.03 Å². The van der Waals surface area contributed by atoms with Crippen LogP contribution >= 0.6 is 11.6 Å². The van der Waals surface area contributed by atoms with Crippen LogP contribution in [0.25, 0.3) is 0 Å². The highest BCUT2D eigenvalue weighted by atomic mass is 35.5. The monoisotopic (exact) mass is 626 g/mol. The van der Waals surface area contributed by atoms with E-state index in [2.05, 4.69) is 25.6 Å². The highest BCUT2D eigenvalue weighted by Gasteiger charge is 2.32. The summed E-state index contributed by atoms with van der Waals surface area (Å²) in [6, 6.07) is 15.7. The van der Waals surface area contributed by atoms with Gasteiger partial charge in [0.1, 0.15) is 24.4 Å². The van der Waals surface area contributed by atoms with Crippen LogP contribution in [-0.4, -0.2) is 56.2 Å². The minimum absolute atomic E-state index is 0.0330. The summed E-state index contributed by atoms with van der Waals surface area (Å²) in [5.74, 6) is 0.336. The highest BCUT2D eigenvalue weighted by molar-refractivity contribution is 7.92. The van der Waals surface area contributed by atoms with Crippen LogP contribution in [0.5, 0.6) is 23.1 Å². The number of benzene rings is 2. The lowest BCUT2D eigenvalue weighted by atomic mass is 10.2. The van der Waals surface area contributed by atoms with Gasteiger partial charge in [0.05, 0.1) is 35.5 Å². The maximum Gasteiger partial charge on any atom is 0.319 e. The SMILES string of the molecule is COc1ccc(Cl)c(Oc2c(OCCNC(=O)Nc3cccnc3)ncnc2N(CC(C)C)S(=O)(=O)c2ccccc2)c1. The van der Waals surface area contributed by atoms with Gasteiger partial charge in [0.15, 0.2) is 5.82 Å². The van der Waals surface area contributed by atoms with Gasteiger partial charge in [0, 0.05) is 18.8 Å². The first-order chi connectivity index (χ1) is 20.7. The molecule has 2 aromatic heterocycles. The Kier molecular flexibility index (Phi) is 10.6. The van der Waals surface area contributed by atoms with E-state index in [1.165, 1.54) is 31.8 Å². The van der Waals surface area contributed by atoms with Gasteiger partial charge in [-0.1, -0.05) is 43.6 Å². The van der Waals surface area contributed by atoms with Crippen molar-refractivity contribution < 1.29 is 27.4 Å². The second-order valence-electron chi connectivity index (χ2n) is 9.44. The van der Waals surface area contributed by atoms with Crippen molar-refractivity contribution in [2.24, 2.45) is 5.92 Å². The number of pyridine rings is 1. The Balaban J connectivity index is 1.67. The fraction of sp³-hybridized carbons (Fsp3) is 0.241. The van der Waals surface area contributed by atoms with Gasteiger partial charge in [-0.2, -0.15) is 4.98 Å². The number of nitrogens with one attached hydrogen (secondary N) is 2. The van der Waals surface area contributed by atoms with Crippen molar-refractivity contribution in [2.75, 3.05) is 36.4 Å². The molecule has 0 radical (unpaired) electrons. The number of aromatic nitrogens is 3. The van der Waals surface area contributed by atoms with Crippen molar-refractivity contribution in [2.45, 2.75) is 18.7 Å². The molecule has 2 amide bonds. The molecule has 226 valence electrons. The van der Waals surface area contributed by atoms with E-state index in [1.54, 1.807) is 54.7 Å². The number of halogens is 1. The van der Waals surface area contributed by atoms with Crippen LogP contribution in [0.15, 0.2) is 84.3 Å². The summed E-state index contributed by atoms with van der Waals surface area (Å²) < 4.78 is 46.4. The molecule has 2 aromatic carbocycles. The van der Waals surface area contributed by atoms with Crippen LogP contribution in [0.2, 0.25) is 5.02 Å². The maximum atomic E-state index is 13.9. The quantitative estimate of drug-likeness (QED) is 0.187. The fourth-order valence-corrected chi connectivity index (χ4v) is 5.56. The molecule has 2 N–H and O–H groups in total. The summed E-state index contributed by atoms with van der Waals surface area (Å²) in [6.07, 6.45) is 4.29. The molecule has 0 aliphatic carbocycles. The lowest BCUT2D eigenvalue weighted by Crippen LogP contribution is -2.35. The van der Waals surface area contributed by atoms with E-state index >= 15 is 0 Å². The van der Waals surface area contributed by atoms with Gasteiger partial charge in [0.2, 0.25) is 5.75 Å². The average molecular weight is 627 g/mol. The van der Waals surface area contributed by atoms with E-state index in [0.29, 0.717) is 11.4 Å². The van der Waals surface area contributed by atoms with Crippen LogP contribution in [0.3, 0.4) is 0 Å². The van der Waals surface area contributed by atoms with E-state index < -0.39 is 16.1 Å². The van der Waals surface area contributed by atoms with E-state index in [4.69, 9.17) is 25.8 Å². The molecular formula is C29H31ClN6O6S. The number of amides is 2. The second kappa shape index (κ2) is 14.5. The van der Waals surface area contributed by atoms with Crippen LogP contribution < -0.4 is 29.1 Å². The molecule has 0 saturated heterocycles. The van der Waals surface area contributed by atoms with Gasteiger partial charge in [-0.25, -0.2) is 22.5 Å². The molecule has 12 nitrogen and oxygen atoms in total. The van der Waals surface area contributed by atoms with Gasteiger partial charge in [-0.3, -0.25) is 4.98 Å². The Bertz CT molecular complexity index is 1630. The van der Waals surface area contributed by atoms with E-state index in [9.17, 15) is 13.2 Å². The zero-order chi connectivity index (χ0) is 30.8. The molecule has 0 spiro atoms. The van der Waals surface area contributed by atoms with Crippen molar-refractivity contribution in [3.63, 3.8) is 0 Å². The molecule has 0 aliphatic rings. The third-order valence-corrected chi connectivity index (χ3v) is 7.83. The number of hydrogen-bond donors (Lipinski definition) is 2. The van der Waals surface area contributed by atoms with Gasteiger partial charge in [-0.05, 0) is 42.3 Å². The summed E-state index contributed by atoms with van der Waals surface area (Å²) in [4.78, 5) is 24.8. The van der Waals surface area contributed by atoms with Crippen LogP contribution in [0.4, 0.5) is 16.3 Å². The van der Waals surface area contributed by atoms with Crippen molar-refractivity contribution in [1.29, 1.82) is 0 Å². The number of carbonyl (C=O) groups excluding carboxylic acids is 1. The molecule has 0 atom stereocenters. The van der Waals surface area contributed by atoms with E-state index in [-0.39, 0.29) is 58.7 Å². The largest absolute Gasteiger partial charge is 0.497 e. The summed E-state index contributed by atoms with van der Waals surface area (Å²) in [5.41, 5.74) is 0.525. The van der Waals surface area contributed by atoms with Crippen molar-refractivity contribution >= 4 is 39.2 Å². The number of urea groups is 1. The minimum atomic E-state index is -4.09. The number of nitrogens with zero attached hydrogens (tertiary/aromatic N) is 4. The molecule has 0 saturated carbocycles. The predicted octanol–water partition coefficient (Wildman–Crippen LogP) is 5.38. The van der Waals surface area contributed by atoms with Crippen LogP contribution in [0.1, 0.15) is 13.8 Å². The third-order valence-electron chi connectivity index (χ3n) is 5.75. The molecule has 0 bridgehead atoms. The zero-order valence-electron chi connectivity index (χ0n) is 23.7. The summed E-state index contributed by atoms with van der Waals surface area (Å²) in [7, 11) is -2.60. The normalized spacial score (nSPS) is 11.1. The molecule has 43 heavy (non-hydrogen) atoms. The highest BCUT2D eigenvalue weighted by Crippen LogP contribution is 2.42. The van der Waals surface area contributed by atoms with Crippen molar-refractivity contribution in [3.05, 3.63) is 84.4 Å². The Labute approximate surface area is 255 Å². The van der Waals surface area contributed by atoms with Crippen LogP contribution in [-0.2, 0) is 10.0 Å². The molecule has 2 heterocycles. The molecule has 4 aromatic rings. The van der Waals surface area contributed by atoms with Gasteiger partial charge < -0.3 is 24.8 Å².